The topological polar surface area (TPSA) is 90.0 Å². The average molecular weight is 438 g/mol. The average Bonchev–Trinajstić information content (AvgIpc) is 3.22. The summed E-state index contributed by atoms with van der Waals surface area (Å²) < 4.78 is 4.35. The van der Waals surface area contributed by atoms with Gasteiger partial charge in [0.2, 0.25) is 5.91 Å². The monoisotopic (exact) mass is 437 g/mol. The molecular formula is C19H16BrN7O. The minimum Gasteiger partial charge on any atom is -0.310 e. The van der Waals surface area contributed by atoms with Crippen molar-refractivity contribution in [2.75, 3.05) is 5.32 Å². The van der Waals surface area contributed by atoms with Crippen molar-refractivity contribution in [2.45, 2.75) is 26.2 Å². The zero-order chi connectivity index (χ0) is 19.4. The summed E-state index contributed by atoms with van der Waals surface area (Å²) in [5.41, 5.74) is 3.63. The highest BCUT2D eigenvalue weighted by molar-refractivity contribution is 9.10. The van der Waals surface area contributed by atoms with Gasteiger partial charge in [0, 0.05) is 22.4 Å². The van der Waals surface area contributed by atoms with Crippen molar-refractivity contribution >= 4 is 33.3 Å². The number of hydrogen-bond donors (Lipinski definition) is 1. The van der Waals surface area contributed by atoms with Gasteiger partial charge in [0.25, 0.3) is 0 Å². The molecule has 0 radical (unpaired) electrons. The van der Waals surface area contributed by atoms with E-state index in [1.165, 1.54) is 0 Å². The molecule has 1 amide bonds. The molecule has 0 saturated carbocycles. The van der Waals surface area contributed by atoms with Crippen LogP contribution in [0.25, 0.3) is 11.5 Å². The molecule has 0 fully saturated rings. The van der Waals surface area contributed by atoms with Gasteiger partial charge in [-0.2, -0.15) is 14.3 Å². The Labute approximate surface area is 168 Å². The van der Waals surface area contributed by atoms with Crippen LogP contribution in [0.3, 0.4) is 0 Å². The van der Waals surface area contributed by atoms with Gasteiger partial charge in [-0.1, -0.05) is 28.1 Å². The van der Waals surface area contributed by atoms with Gasteiger partial charge < -0.3 is 5.32 Å². The third-order valence-corrected chi connectivity index (χ3v) is 5.53. The van der Waals surface area contributed by atoms with E-state index in [4.69, 9.17) is 0 Å². The number of fused-ring (bicyclic) bond motifs is 2. The quantitative estimate of drug-likeness (QED) is 0.519. The maximum absolute atomic E-state index is 12.5. The summed E-state index contributed by atoms with van der Waals surface area (Å²) in [6.07, 6.45) is 0.387. The first-order chi connectivity index (χ1) is 13.5. The maximum atomic E-state index is 12.5. The van der Waals surface area contributed by atoms with Crippen LogP contribution < -0.4 is 5.32 Å². The lowest BCUT2D eigenvalue weighted by Gasteiger charge is -2.24. The predicted octanol–water partition coefficient (Wildman–Crippen LogP) is 3.16. The van der Waals surface area contributed by atoms with Gasteiger partial charge in [-0.25, -0.2) is 0 Å². The highest BCUT2D eigenvalue weighted by Crippen LogP contribution is 2.40. The summed E-state index contributed by atoms with van der Waals surface area (Å²) in [4.78, 5) is 12.5. The summed E-state index contributed by atoms with van der Waals surface area (Å²) in [5, 5.41) is 20.4. The second-order valence-electron chi connectivity index (χ2n) is 6.82. The van der Waals surface area contributed by atoms with Crippen LogP contribution in [-0.4, -0.2) is 35.5 Å². The molecule has 0 spiro atoms. The lowest BCUT2D eigenvalue weighted by Crippen LogP contribution is -2.25. The molecule has 1 aliphatic rings. The summed E-state index contributed by atoms with van der Waals surface area (Å²) in [6, 6.07) is 11.7. The Morgan fingerprint density at radius 2 is 1.86 bits per heavy atom. The number of anilines is 1. The number of aromatic nitrogens is 6. The molecule has 1 aliphatic heterocycles. The number of nitrogens with zero attached hydrogens (tertiary/aromatic N) is 6. The van der Waals surface area contributed by atoms with Crippen LogP contribution >= 0.6 is 15.9 Å². The van der Waals surface area contributed by atoms with Crippen molar-refractivity contribution in [1.29, 1.82) is 0 Å². The summed E-state index contributed by atoms with van der Waals surface area (Å²) in [7, 11) is 0. The molecule has 3 aromatic heterocycles. The molecule has 4 heterocycles. The van der Waals surface area contributed by atoms with Crippen molar-refractivity contribution in [3.05, 3.63) is 63.5 Å². The van der Waals surface area contributed by atoms with Crippen molar-refractivity contribution in [1.82, 2.24) is 29.6 Å². The molecule has 9 heteroatoms. The van der Waals surface area contributed by atoms with Gasteiger partial charge in [0.05, 0.1) is 5.69 Å². The van der Waals surface area contributed by atoms with E-state index in [-0.39, 0.29) is 11.8 Å². The Morgan fingerprint density at radius 3 is 2.64 bits per heavy atom. The Balaban J connectivity index is 1.68. The van der Waals surface area contributed by atoms with Crippen LogP contribution in [0, 0.1) is 13.8 Å². The smallest absolute Gasteiger partial charge is 0.226 e. The molecule has 1 aromatic carbocycles. The van der Waals surface area contributed by atoms with E-state index in [2.05, 4.69) is 41.6 Å². The zero-order valence-electron chi connectivity index (χ0n) is 15.2. The van der Waals surface area contributed by atoms with Gasteiger partial charge in [0.1, 0.15) is 5.82 Å². The van der Waals surface area contributed by atoms with Crippen LogP contribution in [-0.2, 0) is 4.79 Å². The van der Waals surface area contributed by atoms with Crippen LogP contribution in [0.15, 0.2) is 40.9 Å². The van der Waals surface area contributed by atoms with E-state index in [0.717, 1.165) is 21.3 Å². The van der Waals surface area contributed by atoms with Gasteiger partial charge in [-0.05, 0) is 43.7 Å². The normalized spacial score (nSPS) is 16.2. The largest absolute Gasteiger partial charge is 0.310 e. The fourth-order valence-electron chi connectivity index (χ4n) is 3.69. The molecule has 8 nitrogen and oxygen atoms in total. The number of hydrogen-bond acceptors (Lipinski definition) is 5. The molecule has 5 rings (SSSR count). The molecular weight excluding hydrogens is 422 g/mol. The lowest BCUT2D eigenvalue weighted by atomic mass is 9.86. The molecule has 140 valence electrons. The van der Waals surface area contributed by atoms with Crippen LogP contribution in [0.1, 0.15) is 35.0 Å². The Morgan fingerprint density at radius 1 is 1.07 bits per heavy atom. The zero-order valence-corrected chi connectivity index (χ0v) is 16.8. The van der Waals surface area contributed by atoms with E-state index >= 15 is 0 Å². The maximum Gasteiger partial charge on any atom is 0.226 e. The number of amides is 1. The van der Waals surface area contributed by atoms with E-state index in [1.807, 2.05) is 50.2 Å². The van der Waals surface area contributed by atoms with Crippen LogP contribution in [0.4, 0.5) is 5.82 Å². The van der Waals surface area contributed by atoms with E-state index in [0.29, 0.717) is 29.5 Å². The molecule has 28 heavy (non-hydrogen) atoms. The Kier molecular flexibility index (Phi) is 3.80. The molecule has 0 bridgehead atoms. The highest BCUT2D eigenvalue weighted by atomic mass is 79.9. The van der Waals surface area contributed by atoms with Gasteiger partial charge in [-0.15, -0.1) is 15.3 Å². The first kappa shape index (κ1) is 17.1. The SMILES string of the molecule is Cc1nn(-c2ccc3nnc(C)n3n2)c2c1[C@H](c1ccc(Br)cc1)CC(=O)N2. The number of halogens is 1. The predicted molar refractivity (Wildman–Crippen MR) is 107 cm³/mol. The van der Waals surface area contributed by atoms with E-state index < -0.39 is 0 Å². The minimum atomic E-state index is -0.0500. The molecule has 1 N–H and O–H groups in total. The van der Waals surface area contributed by atoms with Crippen molar-refractivity contribution < 1.29 is 4.79 Å². The number of carbonyl (C=O) groups is 1. The van der Waals surface area contributed by atoms with Crippen LogP contribution in [0.5, 0.6) is 0 Å². The number of benzene rings is 1. The second-order valence-corrected chi connectivity index (χ2v) is 7.74. The number of aryl methyl sites for hydroxylation is 2. The summed E-state index contributed by atoms with van der Waals surface area (Å²) >= 11 is 3.47. The molecule has 1 atom stereocenters. The van der Waals surface area contributed by atoms with Gasteiger partial charge >= 0.3 is 0 Å². The first-order valence-electron chi connectivity index (χ1n) is 8.85. The fourth-order valence-corrected chi connectivity index (χ4v) is 3.96. The molecule has 0 saturated heterocycles. The van der Waals surface area contributed by atoms with E-state index in [9.17, 15) is 4.79 Å². The van der Waals surface area contributed by atoms with Gasteiger partial charge in [0.15, 0.2) is 17.3 Å². The van der Waals surface area contributed by atoms with Crippen molar-refractivity contribution in [2.24, 2.45) is 0 Å². The molecule has 0 aliphatic carbocycles. The van der Waals surface area contributed by atoms with Gasteiger partial charge in [-0.3, -0.25) is 4.79 Å². The van der Waals surface area contributed by atoms with Crippen molar-refractivity contribution in [3.63, 3.8) is 0 Å². The standard InChI is InChI=1S/C19H16BrN7O/c1-10-18-14(12-3-5-13(20)6-4-12)9-17(28)21-19(18)27(24-10)16-8-7-15-23-22-11(2)26(15)25-16/h3-8,14H,9H2,1-2H3,(H,21,28)/t14-/m0/s1. The summed E-state index contributed by atoms with van der Waals surface area (Å²) in [5.74, 6) is 1.86. The first-order valence-corrected chi connectivity index (χ1v) is 9.65. The Bertz CT molecular complexity index is 1230. The number of nitrogens with one attached hydrogen (secondary N) is 1. The second kappa shape index (κ2) is 6.23. The third kappa shape index (κ3) is 2.62. The Hall–Kier alpha value is -3.07. The number of rotatable bonds is 2. The van der Waals surface area contributed by atoms with Crippen LogP contribution in [0.2, 0.25) is 0 Å². The lowest BCUT2D eigenvalue weighted by molar-refractivity contribution is -0.116. The minimum absolute atomic E-state index is 0.0388. The summed E-state index contributed by atoms with van der Waals surface area (Å²) in [6.45, 7) is 3.80. The third-order valence-electron chi connectivity index (χ3n) is 5.00. The molecule has 4 aromatic rings. The number of carbonyl (C=O) groups excluding carboxylic acids is 1. The van der Waals surface area contributed by atoms with Crippen molar-refractivity contribution in [3.8, 4) is 5.82 Å². The fraction of sp³-hybridized carbons (Fsp3) is 0.211. The molecule has 0 unspecified atom stereocenters. The van der Waals surface area contributed by atoms with E-state index in [1.54, 1.807) is 9.20 Å². The highest BCUT2D eigenvalue weighted by Gasteiger charge is 2.33.